The first-order chi connectivity index (χ1) is 9.67. The third-order valence-electron chi connectivity index (χ3n) is 2.96. The van der Waals surface area contributed by atoms with E-state index in [0.717, 1.165) is 28.3 Å². The van der Waals surface area contributed by atoms with Crippen molar-refractivity contribution in [3.63, 3.8) is 0 Å². The van der Waals surface area contributed by atoms with E-state index in [1.165, 1.54) is 0 Å². The zero-order valence-corrected chi connectivity index (χ0v) is 14.1. The van der Waals surface area contributed by atoms with Crippen LogP contribution in [0, 0.1) is 0 Å². The van der Waals surface area contributed by atoms with Crippen LogP contribution >= 0.6 is 39.1 Å². The Labute approximate surface area is 137 Å². The van der Waals surface area contributed by atoms with Crippen LogP contribution in [0.5, 0.6) is 11.5 Å². The first kappa shape index (κ1) is 15.7. The van der Waals surface area contributed by atoms with Crippen molar-refractivity contribution in [1.29, 1.82) is 0 Å². The zero-order valence-electron chi connectivity index (χ0n) is 11.0. The lowest BCUT2D eigenvalue weighted by atomic mass is 10.1. The SMILES string of the molecule is COc1c(Cl)cc(OCC(Cl)CCBr)c2ccccc12. The maximum absolute atomic E-state index is 6.24. The van der Waals surface area contributed by atoms with E-state index in [1.807, 2.05) is 24.3 Å². The van der Waals surface area contributed by atoms with Crippen molar-refractivity contribution < 1.29 is 9.47 Å². The molecule has 0 saturated heterocycles. The second kappa shape index (κ2) is 7.39. The number of benzene rings is 2. The molecule has 2 rings (SSSR count). The van der Waals surface area contributed by atoms with E-state index in [9.17, 15) is 0 Å². The van der Waals surface area contributed by atoms with Gasteiger partial charge >= 0.3 is 0 Å². The van der Waals surface area contributed by atoms with Crippen molar-refractivity contribution in [3.05, 3.63) is 35.4 Å². The van der Waals surface area contributed by atoms with Crippen molar-refractivity contribution in [2.24, 2.45) is 0 Å². The van der Waals surface area contributed by atoms with E-state index >= 15 is 0 Å². The van der Waals surface area contributed by atoms with Gasteiger partial charge in [0.1, 0.15) is 18.1 Å². The predicted molar refractivity (Wildman–Crippen MR) is 89.1 cm³/mol. The number of fused-ring (bicyclic) bond motifs is 1. The van der Waals surface area contributed by atoms with Crippen LogP contribution < -0.4 is 9.47 Å². The molecule has 0 spiro atoms. The molecule has 0 N–H and O–H groups in total. The van der Waals surface area contributed by atoms with Crippen LogP contribution in [0.25, 0.3) is 10.8 Å². The number of rotatable bonds is 6. The average Bonchev–Trinajstić information content (AvgIpc) is 2.45. The highest BCUT2D eigenvalue weighted by Crippen LogP contribution is 2.39. The second-order valence-electron chi connectivity index (χ2n) is 4.32. The van der Waals surface area contributed by atoms with Gasteiger partial charge in [-0.3, -0.25) is 0 Å². The summed E-state index contributed by atoms with van der Waals surface area (Å²) in [5.41, 5.74) is 0. The highest BCUT2D eigenvalue weighted by Gasteiger charge is 2.13. The number of methoxy groups -OCH3 is 1. The molecule has 5 heteroatoms. The maximum atomic E-state index is 6.24. The molecule has 0 aromatic heterocycles. The molecule has 2 aromatic rings. The van der Waals surface area contributed by atoms with E-state index < -0.39 is 0 Å². The van der Waals surface area contributed by atoms with Crippen molar-refractivity contribution >= 4 is 49.9 Å². The fourth-order valence-electron chi connectivity index (χ4n) is 1.99. The number of halogens is 3. The number of hydrogen-bond donors (Lipinski definition) is 0. The molecular weight excluding hydrogens is 363 g/mol. The van der Waals surface area contributed by atoms with E-state index in [0.29, 0.717) is 17.4 Å². The van der Waals surface area contributed by atoms with Crippen LogP contribution in [0.15, 0.2) is 30.3 Å². The first-order valence-corrected chi connectivity index (χ1v) is 8.19. The highest BCUT2D eigenvalue weighted by molar-refractivity contribution is 9.09. The van der Waals surface area contributed by atoms with Gasteiger partial charge in [0.25, 0.3) is 0 Å². The molecule has 0 aliphatic rings. The molecular formula is C15H15BrCl2O2. The summed E-state index contributed by atoms with van der Waals surface area (Å²) < 4.78 is 11.2. The van der Waals surface area contributed by atoms with E-state index in [1.54, 1.807) is 13.2 Å². The molecule has 0 radical (unpaired) electrons. The average molecular weight is 378 g/mol. The first-order valence-electron chi connectivity index (χ1n) is 6.25. The minimum atomic E-state index is -0.0333. The molecule has 0 saturated carbocycles. The van der Waals surface area contributed by atoms with Crippen LogP contribution in [-0.4, -0.2) is 24.4 Å². The minimum absolute atomic E-state index is 0.0333. The molecule has 20 heavy (non-hydrogen) atoms. The lowest BCUT2D eigenvalue weighted by molar-refractivity contribution is 0.316. The predicted octanol–water partition coefficient (Wildman–Crippen LogP) is 5.27. The third-order valence-corrected chi connectivity index (χ3v) is 4.04. The Morgan fingerprint density at radius 2 is 1.95 bits per heavy atom. The van der Waals surface area contributed by atoms with Gasteiger partial charge in [0, 0.05) is 22.2 Å². The molecule has 1 atom stereocenters. The van der Waals surface area contributed by atoms with Crippen molar-refractivity contribution in [1.82, 2.24) is 0 Å². The van der Waals surface area contributed by atoms with Gasteiger partial charge in [-0.15, -0.1) is 11.6 Å². The smallest absolute Gasteiger partial charge is 0.145 e. The van der Waals surface area contributed by atoms with Gasteiger partial charge < -0.3 is 9.47 Å². The number of ether oxygens (including phenoxy) is 2. The lowest BCUT2D eigenvalue weighted by Crippen LogP contribution is -2.12. The molecule has 0 bridgehead atoms. The van der Waals surface area contributed by atoms with Crippen LogP contribution in [0.4, 0.5) is 0 Å². The molecule has 0 heterocycles. The second-order valence-corrected chi connectivity index (χ2v) is 6.14. The van der Waals surface area contributed by atoms with Gasteiger partial charge in [-0.1, -0.05) is 51.8 Å². The fraction of sp³-hybridized carbons (Fsp3) is 0.333. The minimum Gasteiger partial charge on any atom is -0.495 e. The quantitative estimate of drug-likeness (QED) is 0.638. The summed E-state index contributed by atoms with van der Waals surface area (Å²) in [5.74, 6) is 1.39. The summed E-state index contributed by atoms with van der Waals surface area (Å²) >= 11 is 15.8. The van der Waals surface area contributed by atoms with E-state index in [4.69, 9.17) is 32.7 Å². The summed E-state index contributed by atoms with van der Waals surface area (Å²) in [5, 5.41) is 3.26. The Balaban J connectivity index is 2.34. The highest BCUT2D eigenvalue weighted by atomic mass is 79.9. The van der Waals surface area contributed by atoms with Crippen LogP contribution in [0.3, 0.4) is 0 Å². The Hall–Kier alpha value is -0.640. The van der Waals surface area contributed by atoms with Crippen molar-refractivity contribution in [3.8, 4) is 11.5 Å². The molecule has 0 aliphatic carbocycles. The summed E-state index contributed by atoms with van der Waals surface area (Å²) in [7, 11) is 1.61. The van der Waals surface area contributed by atoms with Crippen molar-refractivity contribution in [2.75, 3.05) is 19.0 Å². The molecule has 0 amide bonds. The van der Waals surface area contributed by atoms with Crippen LogP contribution in [0.2, 0.25) is 5.02 Å². The van der Waals surface area contributed by atoms with Crippen LogP contribution in [0.1, 0.15) is 6.42 Å². The molecule has 0 aliphatic heterocycles. The number of alkyl halides is 2. The summed E-state index contributed by atoms with van der Waals surface area (Å²) in [6, 6.07) is 9.63. The van der Waals surface area contributed by atoms with Crippen molar-refractivity contribution in [2.45, 2.75) is 11.8 Å². The van der Waals surface area contributed by atoms with E-state index in [2.05, 4.69) is 15.9 Å². The van der Waals surface area contributed by atoms with Gasteiger partial charge in [-0.05, 0) is 6.42 Å². The summed E-state index contributed by atoms with van der Waals surface area (Å²) in [4.78, 5) is 0. The molecule has 0 fully saturated rings. The van der Waals surface area contributed by atoms with Gasteiger partial charge in [0.2, 0.25) is 0 Å². The van der Waals surface area contributed by atoms with Crippen LogP contribution in [-0.2, 0) is 0 Å². The summed E-state index contributed by atoms with van der Waals surface area (Å²) in [6.07, 6.45) is 0.851. The normalized spacial score (nSPS) is 12.4. The topological polar surface area (TPSA) is 18.5 Å². The standard InChI is InChI=1S/C15H15BrCl2O2/c1-19-15-12-5-3-2-4-11(12)14(8-13(15)18)20-9-10(17)6-7-16/h2-5,8,10H,6-7,9H2,1H3. The monoisotopic (exact) mass is 376 g/mol. The van der Waals surface area contributed by atoms with Gasteiger partial charge in [0.15, 0.2) is 0 Å². The van der Waals surface area contributed by atoms with Gasteiger partial charge in [-0.2, -0.15) is 0 Å². The molecule has 1 unspecified atom stereocenters. The Morgan fingerprint density at radius 1 is 1.25 bits per heavy atom. The van der Waals surface area contributed by atoms with E-state index in [-0.39, 0.29) is 5.38 Å². The Morgan fingerprint density at radius 3 is 2.60 bits per heavy atom. The summed E-state index contributed by atoms with van der Waals surface area (Å²) in [6.45, 7) is 0.444. The Bertz CT molecular complexity index is 589. The Kier molecular flexibility index (Phi) is 5.82. The third kappa shape index (κ3) is 3.51. The number of hydrogen-bond acceptors (Lipinski definition) is 2. The lowest BCUT2D eigenvalue weighted by Gasteiger charge is -2.15. The molecule has 108 valence electrons. The zero-order chi connectivity index (χ0) is 14.5. The molecule has 2 aromatic carbocycles. The maximum Gasteiger partial charge on any atom is 0.145 e. The van der Waals surface area contributed by atoms with Gasteiger partial charge in [-0.25, -0.2) is 0 Å². The fourth-order valence-corrected chi connectivity index (χ4v) is 3.26. The largest absolute Gasteiger partial charge is 0.495 e. The van der Waals surface area contributed by atoms with Gasteiger partial charge in [0.05, 0.1) is 17.5 Å². The molecule has 2 nitrogen and oxygen atoms in total.